The summed E-state index contributed by atoms with van der Waals surface area (Å²) in [6.45, 7) is 7.39. The molecule has 0 aliphatic carbocycles. The second-order valence-electron chi connectivity index (χ2n) is 10.9. The summed E-state index contributed by atoms with van der Waals surface area (Å²) < 4.78 is 6.05. The molecule has 0 bridgehead atoms. The van der Waals surface area contributed by atoms with E-state index in [1.54, 1.807) is 12.2 Å². The highest BCUT2D eigenvalue weighted by Gasteiger charge is 2.27. The van der Waals surface area contributed by atoms with Crippen LogP contribution in [-0.2, 0) is 32.0 Å². The van der Waals surface area contributed by atoms with Crippen LogP contribution in [0.25, 0.3) is 0 Å². The van der Waals surface area contributed by atoms with Crippen molar-refractivity contribution in [2.45, 2.75) is 50.7 Å². The highest BCUT2D eigenvalue weighted by atomic mass is 16.5. The maximum absolute atomic E-state index is 13.5. The van der Waals surface area contributed by atoms with E-state index in [2.05, 4.69) is 23.8 Å². The van der Waals surface area contributed by atoms with Crippen molar-refractivity contribution < 1.29 is 24.2 Å². The normalized spacial score (nSPS) is 13.5. The van der Waals surface area contributed by atoms with Crippen LogP contribution < -0.4 is 10.6 Å². The van der Waals surface area contributed by atoms with Crippen LogP contribution in [0.5, 0.6) is 0 Å². The molecule has 2 amide bonds. The van der Waals surface area contributed by atoms with Gasteiger partial charge in [0.25, 0.3) is 0 Å². The second-order valence-corrected chi connectivity index (χ2v) is 10.9. The molecule has 0 saturated heterocycles. The third-order valence-electron chi connectivity index (χ3n) is 7.43. The lowest BCUT2D eigenvalue weighted by atomic mass is 9.94. The first-order valence-corrected chi connectivity index (χ1v) is 15.2. The zero-order chi connectivity index (χ0) is 31.6. The van der Waals surface area contributed by atoms with Gasteiger partial charge in [-0.3, -0.25) is 14.4 Å². The topological polar surface area (TPSA) is 105 Å². The molecule has 0 fully saturated rings. The highest BCUT2D eigenvalue weighted by Crippen LogP contribution is 2.23. The van der Waals surface area contributed by atoms with E-state index >= 15 is 0 Å². The van der Waals surface area contributed by atoms with E-state index < -0.39 is 18.1 Å². The van der Waals surface area contributed by atoms with Crippen LogP contribution in [-0.4, -0.2) is 42.1 Å². The van der Waals surface area contributed by atoms with E-state index in [1.807, 2.05) is 91.0 Å². The van der Waals surface area contributed by atoms with Gasteiger partial charge in [-0.1, -0.05) is 103 Å². The minimum Gasteiger partial charge on any atom is -0.455 e. The molecule has 0 radical (unpaired) electrons. The van der Waals surface area contributed by atoms with Crippen molar-refractivity contribution in [3.8, 4) is 0 Å². The maximum atomic E-state index is 13.5. The molecule has 0 spiro atoms. The second kappa shape index (κ2) is 18.9. The Balaban J connectivity index is 1.65. The Labute approximate surface area is 261 Å². The number of hydrogen-bond acceptors (Lipinski definition) is 5. The molecule has 3 N–H and O–H groups in total. The van der Waals surface area contributed by atoms with Crippen molar-refractivity contribution in [1.82, 2.24) is 10.6 Å². The Morgan fingerprint density at radius 1 is 0.795 bits per heavy atom. The van der Waals surface area contributed by atoms with E-state index in [0.717, 1.165) is 16.7 Å². The van der Waals surface area contributed by atoms with Crippen molar-refractivity contribution in [1.29, 1.82) is 0 Å². The van der Waals surface area contributed by atoms with Gasteiger partial charge in [0, 0.05) is 6.42 Å². The van der Waals surface area contributed by atoms with Crippen molar-refractivity contribution in [3.63, 3.8) is 0 Å². The minimum absolute atomic E-state index is 0.0522. The molecule has 0 saturated carbocycles. The fraction of sp³-hybridized carbons (Fsp3) is 0.324. The first-order valence-electron chi connectivity index (χ1n) is 15.2. The number of esters is 1. The Bertz CT molecular complexity index is 1310. The summed E-state index contributed by atoms with van der Waals surface area (Å²) in [6, 6.07) is 28.2. The smallest absolute Gasteiger partial charge is 0.309 e. The van der Waals surface area contributed by atoms with Gasteiger partial charge in [0.05, 0.1) is 31.0 Å². The molecule has 3 aromatic rings. The molecule has 7 heteroatoms. The Kier molecular flexibility index (Phi) is 14.6. The van der Waals surface area contributed by atoms with Crippen LogP contribution in [0.1, 0.15) is 48.5 Å². The van der Waals surface area contributed by atoms with Crippen molar-refractivity contribution in [3.05, 3.63) is 133 Å². The van der Waals surface area contributed by atoms with Gasteiger partial charge in [-0.05, 0) is 48.8 Å². The van der Waals surface area contributed by atoms with E-state index in [9.17, 15) is 19.5 Å². The number of carbonyl (C=O) groups is 3. The van der Waals surface area contributed by atoms with Crippen LogP contribution >= 0.6 is 0 Å². The van der Waals surface area contributed by atoms with E-state index in [-0.39, 0.29) is 49.7 Å². The summed E-state index contributed by atoms with van der Waals surface area (Å²) in [4.78, 5) is 39.7. The van der Waals surface area contributed by atoms with E-state index in [4.69, 9.17) is 4.74 Å². The van der Waals surface area contributed by atoms with E-state index in [1.165, 1.54) is 0 Å². The van der Waals surface area contributed by atoms with Crippen molar-refractivity contribution in [2.24, 2.45) is 11.8 Å². The van der Waals surface area contributed by atoms with Crippen LogP contribution in [0.2, 0.25) is 0 Å². The first-order chi connectivity index (χ1) is 21.4. The van der Waals surface area contributed by atoms with Gasteiger partial charge in [-0.2, -0.15) is 0 Å². The first kappa shape index (κ1) is 34.0. The quantitative estimate of drug-likeness (QED) is 0.125. The van der Waals surface area contributed by atoms with Crippen LogP contribution in [0.15, 0.2) is 116 Å². The number of amides is 2. The lowest BCUT2D eigenvalue weighted by Crippen LogP contribution is -2.42. The van der Waals surface area contributed by atoms with Crippen molar-refractivity contribution in [2.75, 3.05) is 13.2 Å². The molecule has 3 rings (SSSR count). The van der Waals surface area contributed by atoms with Crippen LogP contribution in [0, 0.1) is 11.8 Å². The lowest BCUT2D eigenvalue weighted by Gasteiger charge is -2.24. The molecule has 0 aliphatic heterocycles. The fourth-order valence-corrected chi connectivity index (χ4v) is 5.04. The molecule has 0 unspecified atom stereocenters. The molecule has 0 heterocycles. The van der Waals surface area contributed by atoms with Gasteiger partial charge in [-0.15, -0.1) is 13.2 Å². The van der Waals surface area contributed by atoms with Crippen LogP contribution in [0.3, 0.4) is 0 Å². The maximum Gasteiger partial charge on any atom is 0.309 e. The monoisotopic (exact) mass is 596 g/mol. The average molecular weight is 597 g/mol. The summed E-state index contributed by atoms with van der Waals surface area (Å²) in [5, 5.41) is 15.6. The molecule has 0 aromatic heterocycles. The molecular formula is C37H44N2O5. The van der Waals surface area contributed by atoms with Gasteiger partial charge >= 0.3 is 5.97 Å². The van der Waals surface area contributed by atoms with Crippen LogP contribution in [0.4, 0.5) is 0 Å². The third kappa shape index (κ3) is 11.7. The fourth-order valence-electron chi connectivity index (χ4n) is 5.04. The summed E-state index contributed by atoms with van der Waals surface area (Å²) in [7, 11) is 0. The minimum atomic E-state index is -0.711. The summed E-state index contributed by atoms with van der Waals surface area (Å²) in [5.41, 5.74) is 2.79. The Morgan fingerprint density at radius 2 is 1.39 bits per heavy atom. The number of ether oxygens (including phenoxy) is 1. The number of aliphatic hydroxyl groups excluding tert-OH is 1. The molecule has 7 nitrogen and oxygen atoms in total. The largest absolute Gasteiger partial charge is 0.455 e. The number of nitrogens with one attached hydrogen (secondary N) is 2. The molecule has 232 valence electrons. The Morgan fingerprint density at radius 3 is 1.95 bits per heavy atom. The van der Waals surface area contributed by atoms with Gasteiger partial charge < -0.3 is 20.5 Å². The lowest BCUT2D eigenvalue weighted by molar-refractivity contribution is -0.155. The van der Waals surface area contributed by atoms with Gasteiger partial charge in [0.15, 0.2) is 0 Å². The number of hydrogen-bond donors (Lipinski definition) is 3. The number of benzene rings is 3. The number of aliphatic hydroxyl groups is 1. The predicted molar refractivity (Wildman–Crippen MR) is 173 cm³/mol. The highest BCUT2D eigenvalue weighted by molar-refractivity contribution is 5.86. The van der Waals surface area contributed by atoms with E-state index in [0.29, 0.717) is 25.7 Å². The SMILES string of the molecule is C=CCC[C@H](Cc1ccccc1)C(=O)O[C@@H](CNC(=O)[C@@H](CC=C)CC(=O)N[C@H](CO)Cc1ccccc1)c1ccccc1. The number of allylic oxidation sites excluding steroid dienone is 2. The zero-order valence-corrected chi connectivity index (χ0v) is 25.3. The van der Waals surface area contributed by atoms with Crippen molar-refractivity contribution >= 4 is 17.8 Å². The van der Waals surface area contributed by atoms with Gasteiger partial charge in [0.1, 0.15) is 6.10 Å². The molecular weight excluding hydrogens is 552 g/mol. The predicted octanol–water partition coefficient (Wildman–Crippen LogP) is 5.51. The third-order valence-corrected chi connectivity index (χ3v) is 7.43. The Hall–Kier alpha value is -4.49. The average Bonchev–Trinajstić information content (AvgIpc) is 3.05. The molecule has 3 aromatic carbocycles. The summed E-state index contributed by atoms with van der Waals surface area (Å²) in [6.07, 6.45) is 5.19. The van der Waals surface area contributed by atoms with Gasteiger partial charge in [-0.25, -0.2) is 0 Å². The zero-order valence-electron chi connectivity index (χ0n) is 25.3. The molecule has 44 heavy (non-hydrogen) atoms. The number of rotatable bonds is 19. The molecule has 0 aliphatic rings. The summed E-state index contributed by atoms with van der Waals surface area (Å²) >= 11 is 0. The molecule has 4 atom stereocenters. The van der Waals surface area contributed by atoms with Gasteiger partial charge in [0.2, 0.25) is 11.8 Å². The number of carbonyl (C=O) groups excluding carboxylic acids is 3. The standard InChI is InChI=1S/C37H44N2O5/c1-3-5-20-32(23-28-16-9-6-10-17-28)37(43)44-34(30-21-13-8-14-22-30)26-38-36(42)31(15-4-2)25-35(41)39-33(27-40)24-29-18-11-7-12-19-29/h3-4,6-14,16-19,21-22,31-34,40H,1-2,5,15,20,23-27H2,(H,38,42)(H,39,41)/t31-,32+,33-,34-/m0/s1. The summed E-state index contributed by atoms with van der Waals surface area (Å²) in [5.74, 6) is -2.06.